The number of para-hydroxylation sites is 2. The molecule has 374 valence electrons. The first kappa shape index (κ1) is 48.1. The van der Waals surface area contributed by atoms with Gasteiger partial charge in [-0.25, -0.2) is 4.98 Å². The van der Waals surface area contributed by atoms with Gasteiger partial charge in [0.05, 0.1) is 27.8 Å². The molecule has 0 saturated carbocycles. The molecular weight excluding hydrogens is 913 g/mol. The van der Waals surface area contributed by atoms with E-state index in [9.17, 15) is 0 Å². The fourth-order valence-electron chi connectivity index (χ4n) is 11.4. The highest BCUT2D eigenvalue weighted by Crippen LogP contribution is 2.48. The summed E-state index contributed by atoms with van der Waals surface area (Å²) in [6.07, 6.45) is 1.93. The predicted molar refractivity (Wildman–Crippen MR) is 320 cm³/mol. The van der Waals surface area contributed by atoms with E-state index < -0.39 is 0 Å². The second kappa shape index (κ2) is 17.3. The van der Waals surface area contributed by atoms with E-state index in [-0.39, 0.29) is 21.7 Å². The highest BCUT2D eigenvalue weighted by atomic mass is 16.5. The summed E-state index contributed by atoms with van der Waals surface area (Å²) in [7, 11) is 0. The van der Waals surface area contributed by atoms with E-state index >= 15 is 0 Å². The molecule has 3 aromatic heterocycles. The predicted octanol–water partition coefficient (Wildman–Crippen LogP) is 19.5. The molecule has 0 N–H and O–H groups in total. The van der Waals surface area contributed by atoms with Gasteiger partial charge in [0, 0.05) is 51.1 Å². The molecule has 0 unspecified atom stereocenters. The van der Waals surface area contributed by atoms with Crippen molar-refractivity contribution in [1.82, 2.24) is 14.1 Å². The molecule has 1 aliphatic rings. The number of benzene rings is 8. The Bertz CT molecular complexity index is 4140. The van der Waals surface area contributed by atoms with Gasteiger partial charge < -0.3 is 14.2 Å². The molecule has 1 aliphatic heterocycles. The molecule has 0 atom stereocenters. The number of anilines is 2. The van der Waals surface area contributed by atoms with Crippen LogP contribution >= 0.6 is 0 Å². The molecule has 0 saturated heterocycles. The van der Waals surface area contributed by atoms with Gasteiger partial charge in [-0.3, -0.25) is 4.57 Å². The summed E-state index contributed by atoms with van der Waals surface area (Å²) >= 11 is 0. The third kappa shape index (κ3) is 8.38. The SMILES string of the molecule is CC(C)(C)c1cc(-c2cccc3c4ccccc4c4ccccc4c4cc(C(C)(C)C)cc5c4n(c23)CN5c2cccc(Oc3ccc4c5ccccc5n(-c5cc(C(C)(C)C)ccn5)c4c3)c2)cc(C(C)(C)C)c1. The molecule has 5 nitrogen and oxygen atoms in total. The van der Waals surface area contributed by atoms with E-state index in [0.717, 1.165) is 39.4 Å². The molecule has 0 bridgehead atoms. The Labute approximate surface area is 442 Å². The average molecular weight is 981 g/mol. The van der Waals surface area contributed by atoms with Crippen molar-refractivity contribution in [1.29, 1.82) is 0 Å². The number of hydrogen-bond acceptors (Lipinski definition) is 3. The molecule has 11 aromatic rings. The Kier molecular flexibility index (Phi) is 11.1. The van der Waals surface area contributed by atoms with Gasteiger partial charge in [-0.15, -0.1) is 0 Å². The second-order valence-electron chi connectivity index (χ2n) is 25.0. The third-order valence-electron chi connectivity index (χ3n) is 15.7. The van der Waals surface area contributed by atoms with Crippen LogP contribution in [0.1, 0.15) is 105 Å². The van der Waals surface area contributed by atoms with Crippen LogP contribution < -0.4 is 9.64 Å². The van der Waals surface area contributed by atoms with Crippen molar-refractivity contribution >= 4 is 76.5 Å². The monoisotopic (exact) mass is 981 g/mol. The summed E-state index contributed by atoms with van der Waals surface area (Å²) in [6.45, 7) is 28.3. The van der Waals surface area contributed by atoms with E-state index in [1.165, 1.54) is 87.8 Å². The van der Waals surface area contributed by atoms with Crippen LogP contribution in [-0.4, -0.2) is 14.1 Å². The topological polar surface area (TPSA) is 35.2 Å². The minimum atomic E-state index is -0.134. The molecule has 0 spiro atoms. The van der Waals surface area contributed by atoms with Crippen molar-refractivity contribution in [3.63, 3.8) is 0 Å². The lowest BCUT2D eigenvalue weighted by atomic mass is 9.78. The molecule has 0 amide bonds. The van der Waals surface area contributed by atoms with Crippen LogP contribution in [0.5, 0.6) is 11.5 Å². The normalized spacial score (nSPS) is 13.3. The highest BCUT2D eigenvalue weighted by Gasteiger charge is 2.30. The van der Waals surface area contributed by atoms with E-state index in [1.54, 1.807) is 0 Å². The Morgan fingerprint density at radius 1 is 0.400 bits per heavy atom. The van der Waals surface area contributed by atoms with Crippen molar-refractivity contribution in [2.24, 2.45) is 0 Å². The minimum absolute atomic E-state index is 0.0240. The first-order valence-corrected chi connectivity index (χ1v) is 26.7. The summed E-state index contributed by atoms with van der Waals surface area (Å²) in [5.74, 6) is 2.43. The molecule has 75 heavy (non-hydrogen) atoms. The Morgan fingerprint density at radius 2 is 0.947 bits per heavy atom. The van der Waals surface area contributed by atoms with Gasteiger partial charge in [-0.2, -0.15) is 0 Å². The molecule has 4 heterocycles. The smallest absolute Gasteiger partial charge is 0.137 e. The van der Waals surface area contributed by atoms with Gasteiger partial charge in [0.25, 0.3) is 0 Å². The quantitative estimate of drug-likeness (QED) is 0.172. The van der Waals surface area contributed by atoms with Crippen LogP contribution in [0.3, 0.4) is 0 Å². The summed E-state index contributed by atoms with van der Waals surface area (Å²) < 4.78 is 11.9. The second-order valence-corrected chi connectivity index (χ2v) is 25.0. The molecule has 0 aliphatic carbocycles. The minimum Gasteiger partial charge on any atom is -0.457 e. The van der Waals surface area contributed by atoms with Crippen LogP contribution in [0, 0.1) is 0 Å². The zero-order valence-corrected chi connectivity index (χ0v) is 45.7. The van der Waals surface area contributed by atoms with Crippen LogP contribution in [0.15, 0.2) is 182 Å². The van der Waals surface area contributed by atoms with Crippen molar-refractivity contribution in [2.75, 3.05) is 4.90 Å². The maximum atomic E-state index is 6.99. The van der Waals surface area contributed by atoms with Crippen LogP contribution in [-0.2, 0) is 28.3 Å². The van der Waals surface area contributed by atoms with Crippen LogP contribution in [0.2, 0.25) is 0 Å². The first-order chi connectivity index (χ1) is 35.7. The lowest BCUT2D eigenvalue weighted by Crippen LogP contribution is -2.17. The summed E-state index contributed by atoms with van der Waals surface area (Å²) in [5, 5.41) is 9.69. The standard InChI is InChI=1S/C70H68N4O/c1-67(2,3)45-33-34-71-64(40-45)74-61-30-18-17-27-57(61)58-32-31-51(42-62(58)74)75-50-22-19-21-49(41-50)72-43-73-65-52(44-35-46(68(4,5)6)37-47(36-44)69(7,8)9)28-20-29-59(65)55-25-15-13-23-53(55)54-24-14-16-26-56(54)60-38-48(70(10,11)12)39-63(72)66(60)73/h13-42H,43H2,1-12H3. The molecule has 0 radical (unpaired) electrons. The number of rotatable bonds is 5. The van der Waals surface area contributed by atoms with Crippen LogP contribution in [0.25, 0.3) is 82.1 Å². The summed E-state index contributed by atoms with van der Waals surface area (Å²) in [6, 6.07) is 65.4. The van der Waals surface area contributed by atoms with E-state index in [1.807, 2.05) is 6.20 Å². The number of fused-ring (bicyclic) bond motifs is 10. The van der Waals surface area contributed by atoms with E-state index in [4.69, 9.17) is 9.72 Å². The van der Waals surface area contributed by atoms with Crippen LogP contribution in [0.4, 0.5) is 11.4 Å². The molecule has 8 aromatic carbocycles. The Balaban J connectivity index is 1.10. The number of hydrogen-bond donors (Lipinski definition) is 0. The van der Waals surface area contributed by atoms with Gasteiger partial charge in [0.2, 0.25) is 0 Å². The van der Waals surface area contributed by atoms with Crippen molar-refractivity contribution in [2.45, 2.75) is 111 Å². The van der Waals surface area contributed by atoms with Crippen molar-refractivity contribution < 1.29 is 4.74 Å². The number of nitrogens with zero attached hydrogens (tertiary/aromatic N) is 4. The van der Waals surface area contributed by atoms with Crippen molar-refractivity contribution in [3.05, 3.63) is 204 Å². The van der Waals surface area contributed by atoms with Gasteiger partial charge >= 0.3 is 0 Å². The largest absolute Gasteiger partial charge is 0.457 e. The van der Waals surface area contributed by atoms with E-state index in [0.29, 0.717) is 6.67 Å². The lowest BCUT2D eigenvalue weighted by molar-refractivity contribution is 0.483. The molecule has 12 rings (SSSR count). The summed E-state index contributed by atoms with van der Waals surface area (Å²) in [4.78, 5) is 7.46. The first-order valence-electron chi connectivity index (χ1n) is 26.7. The molecular formula is C70H68N4O. The Morgan fingerprint density at radius 3 is 1.60 bits per heavy atom. The van der Waals surface area contributed by atoms with Gasteiger partial charge in [0.1, 0.15) is 24.0 Å². The summed E-state index contributed by atoms with van der Waals surface area (Å²) in [5.41, 5.74) is 14.2. The number of ether oxygens (including phenoxy) is 1. The number of pyridine rings is 1. The maximum absolute atomic E-state index is 6.99. The average Bonchev–Trinajstić information content (AvgIpc) is 3.96. The third-order valence-corrected chi connectivity index (χ3v) is 15.7. The van der Waals surface area contributed by atoms with Gasteiger partial charge in [0.15, 0.2) is 0 Å². The van der Waals surface area contributed by atoms with Gasteiger partial charge in [-0.05, 0) is 126 Å². The van der Waals surface area contributed by atoms with Crippen molar-refractivity contribution in [3.8, 4) is 28.4 Å². The lowest BCUT2D eigenvalue weighted by Gasteiger charge is -2.27. The highest BCUT2D eigenvalue weighted by molar-refractivity contribution is 6.22. The zero-order chi connectivity index (χ0) is 52.3. The molecule has 0 fully saturated rings. The maximum Gasteiger partial charge on any atom is 0.137 e. The van der Waals surface area contributed by atoms with Gasteiger partial charge in [-0.1, -0.05) is 192 Å². The Hall–Kier alpha value is -7.89. The van der Waals surface area contributed by atoms with E-state index in [2.05, 4.69) is 273 Å². The fourth-order valence-corrected chi connectivity index (χ4v) is 11.4. The fraction of sp³-hybridized carbons (Fsp3) is 0.243. The zero-order valence-electron chi connectivity index (χ0n) is 45.7. The molecule has 5 heteroatoms. The number of aromatic nitrogens is 3.